The highest BCUT2D eigenvalue weighted by atomic mass is 19.1. The van der Waals surface area contributed by atoms with Gasteiger partial charge in [0.05, 0.1) is 5.69 Å². The van der Waals surface area contributed by atoms with Crippen LogP contribution in [0.3, 0.4) is 0 Å². The molecule has 2 aromatic heterocycles. The summed E-state index contributed by atoms with van der Waals surface area (Å²) in [6, 6.07) is 4.79. The zero-order valence-corrected chi connectivity index (χ0v) is 14.0. The first-order valence-electron chi connectivity index (χ1n) is 7.70. The number of nitrogens with one attached hydrogen (secondary N) is 2. The maximum Gasteiger partial charge on any atom is 0.275 e. The molecule has 8 heteroatoms. The summed E-state index contributed by atoms with van der Waals surface area (Å²) < 4.78 is 28.2. The molecule has 0 aliphatic heterocycles. The molecule has 25 heavy (non-hydrogen) atoms. The van der Waals surface area contributed by atoms with E-state index in [1.54, 1.807) is 19.3 Å². The van der Waals surface area contributed by atoms with Crippen LogP contribution >= 0.6 is 0 Å². The average Bonchev–Trinajstić information content (AvgIpc) is 2.55. The minimum Gasteiger partial charge on any atom is -0.352 e. The van der Waals surface area contributed by atoms with Gasteiger partial charge >= 0.3 is 0 Å². The fraction of sp³-hybridized carbons (Fsp3) is 0.235. The van der Waals surface area contributed by atoms with E-state index in [0.29, 0.717) is 17.0 Å². The van der Waals surface area contributed by atoms with Crippen LogP contribution in [0.4, 0.5) is 26.1 Å². The molecule has 0 aliphatic carbocycles. The molecule has 0 atom stereocenters. The van der Waals surface area contributed by atoms with Crippen LogP contribution in [0.5, 0.6) is 0 Å². The quantitative estimate of drug-likeness (QED) is 0.760. The van der Waals surface area contributed by atoms with E-state index >= 15 is 0 Å². The van der Waals surface area contributed by atoms with Gasteiger partial charge in [-0.1, -0.05) is 0 Å². The van der Waals surface area contributed by atoms with Crippen LogP contribution in [-0.4, -0.2) is 20.6 Å². The number of aryl methyl sites for hydroxylation is 1. The van der Waals surface area contributed by atoms with E-state index in [1.807, 2.05) is 13.8 Å². The topological polar surface area (TPSA) is 71.8 Å². The monoisotopic (exact) mass is 345 g/mol. The summed E-state index contributed by atoms with van der Waals surface area (Å²) in [6.45, 7) is 3.91. The Hall–Kier alpha value is -3.03. The highest BCUT2D eigenvalue weighted by molar-refractivity contribution is 5.80. The molecule has 0 saturated carbocycles. The molecule has 0 aliphatic rings. The van der Waals surface area contributed by atoms with Gasteiger partial charge in [0.2, 0.25) is 5.95 Å². The molecule has 130 valence electrons. The lowest BCUT2D eigenvalue weighted by atomic mass is 10.2. The summed E-state index contributed by atoms with van der Waals surface area (Å²) >= 11 is 0. The number of aromatic nitrogens is 3. The van der Waals surface area contributed by atoms with Crippen molar-refractivity contribution < 1.29 is 8.78 Å². The zero-order chi connectivity index (χ0) is 18.1. The lowest BCUT2D eigenvalue weighted by Crippen LogP contribution is -2.22. The second kappa shape index (κ2) is 6.46. The van der Waals surface area contributed by atoms with E-state index in [0.717, 1.165) is 12.1 Å². The Bertz CT molecular complexity index is 1000. The van der Waals surface area contributed by atoms with E-state index in [4.69, 9.17) is 0 Å². The minimum absolute atomic E-state index is 0.0110. The largest absolute Gasteiger partial charge is 0.352 e. The Balaban J connectivity index is 2.05. The SMILES string of the molecule is CC(C)Nc1ncc2cc(Nc3ccc(F)cc3F)c(=O)n(C)c2n1. The van der Waals surface area contributed by atoms with Crippen molar-refractivity contribution in [2.45, 2.75) is 19.9 Å². The highest BCUT2D eigenvalue weighted by Gasteiger charge is 2.12. The first-order chi connectivity index (χ1) is 11.8. The van der Waals surface area contributed by atoms with Gasteiger partial charge in [-0.05, 0) is 32.0 Å². The van der Waals surface area contributed by atoms with Crippen LogP contribution < -0.4 is 16.2 Å². The van der Waals surface area contributed by atoms with Gasteiger partial charge in [0.25, 0.3) is 5.56 Å². The van der Waals surface area contributed by atoms with Crippen LogP contribution in [-0.2, 0) is 7.05 Å². The van der Waals surface area contributed by atoms with E-state index in [-0.39, 0.29) is 23.0 Å². The summed E-state index contributed by atoms with van der Waals surface area (Å²) in [6.07, 6.45) is 1.58. The molecule has 0 amide bonds. The maximum atomic E-state index is 13.8. The summed E-state index contributed by atoms with van der Waals surface area (Å²) in [5.74, 6) is -1.05. The molecule has 2 heterocycles. The fourth-order valence-corrected chi connectivity index (χ4v) is 2.40. The second-order valence-electron chi connectivity index (χ2n) is 5.94. The van der Waals surface area contributed by atoms with Gasteiger partial charge < -0.3 is 10.6 Å². The van der Waals surface area contributed by atoms with Crippen molar-refractivity contribution in [2.75, 3.05) is 10.6 Å². The van der Waals surface area contributed by atoms with E-state index in [1.165, 1.54) is 10.6 Å². The smallest absolute Gasteiger partial charge is 0.275 e. The molecule has 0 bridgehead atoms. The number of rotatable bonds is 4. The third-order valence-corrected chi connectivity index (χ3v) is 3.57. The number of benzene rings is 1. The standard InChI is InChI=1S/C17H17F2N5O/c1-9(2)21-17-20-8-10-6-14(16(25)24(3)15(10)23-17)22-13-5-4-11(18)7-12(13)19/h4-9,22H,1-3H3,(H,20,21,23). The van der Waals surface area contributed by atoms with Crippen molar-refractivity contribution in [3.05, 3.63) is 52.5 Å². The molecule has 2 N–H and O–H groups in total. The van der Waals surface area contributed by atoms with Gasteiger partial charge in [-0.25, -0.2) is 13.8 Å². The Morgan fingerprint density at radius 1 is 1.16 bits per heavy atom. The number of hydrogen-bond acceptors (Lipinski definition) is 5. The summed E-state index contributed by atoms with van der Waals surface area (Å²) in [7, 11) is 1.57. The zero-order valence-electron chi connectivity index (χ0n) is 14.0. The lowest BCUT2D eigenvalue weighted by Gasteiger charge is -2.12. The van der Waals surface area contributed by atoms with Gasteiger partial charge in [0.1, 0.15) is 23.0 Å². The van der Waals surface area contributed by atoms with Crippen LogP contribution in [0.1, 0.15) is 13.8 Å². The van der Waals surface area contributed by atoms with Crippen LogP contribution in [0.15, 0.2) is 35.3 Å². The number of pyridine rings is 1. The summed E-state index contributed by atoms with van der Waals surface area (Å²) in [4.78, 5) is 21.1. The highest BCUT2D eigenvalue weighted by Crippen LogP contribution is 2.21. The van der Waals surface area contributed by atoms with Gasteiger partial charge in [0, 0.05) is 30.7 Å². The van der Waals surface area contributed by atoms with E-state index in [9.17, 15) is 13.6 Å². The van der Waals surface area contributed by atoms with Crippen molar-refractivity contribution in [3.8, 4) is 0 Å². The minimum atomic E-state index is -0.783. The van der Waals surface area contributed by atoms with E-state index in [2.05, 4.69) is 20.6 Å². The summed E-state index contributed by atoms with van der Waals surface area (Å²) in [5, 5.41) is 6.39. The van der Waals surface area contributed by atoms with Gasteiger partial charge in [0.15, 0.2) is 0 Å². The summed E-state index contributed by atoms with van der Waals surface area (Å²) in [5.41, 5.74) is 0.226. The van der Waals surface area contributed by atoms with Gasteiger partial charge in [-0.15, -0.1) is 0 Å². The number of halogens is 2. The molecular weight excluding hydrogens is 328 g/mol. The molecule has 0 saturated heterocycles. The molecule has 0 spiro atoms. The van der Waals surface area contributed by atoms with Gasteiger partial charge in [-0.2, -0.15) is 4.98 Å². The Morgan fingerprint density at radius 3 is 2.60 bits per heavy atom. The molecular formula is C17H17F2N5O. The Labute approximate surface area is 142 Å². The third kappa shape index (κ3) is 3.42. The second-order valence-corrected chi connectivity index (χ2v) is 5.94. The normalized spacial score (nSPS) is 11.1. The molecule has 6 nitrogen and oxygen atoms in total. The number of hydrogen-bond donors (Lipinski definition) is 2. The fourth-order valence-electron chi connectivity index (χ4n) is 2.40. The maximum absolute atomic E-state index is 13.8. The molecule has 1 aromatic carbocycles. The van der Waals surface area contributed by atoms with Crippen molar-refractivity contribution >= 4 is 28.4 Å². The predicted molar refractivity (Wildman–Crippen MR) is 93.2 cm³/mol. The Kier molecular flexibility index (Phi) is 4.35. The molecule has 3 rings (SSSR count). The number of fused-ring (bicyclic) bond motifs is 1. The Morgan fingerprint density at radius 2 is 1.92 bits per heavy atom. The first-order valence-corrected chi connectivity index (χ1v) is 7.70. The number of nitrogens with zero attached hydrogens (tertiary/aromatic N) is 3. The van der Waals surface area contributed by atoms with Crippen molar-refractivity contribution in [2.24, 2.45) is 7.05 Å². The van der Waals surface area contributed by atoms with Crippen LogP contribution in [0.2, 0.25) is 0 Å². The average molecular weight is 345 g/mol. The third-order valence-electron chi connectivity index (χ3n) is 3.57. The predicted octanol–water partition coefficient (Wildman–Crippen LogP) is 3.17. The number of anilines is 3. The van der Waals surface area contributed by atoms with Crippen LogP contribution in [0.25, 0.3) is 11.0 Å². The first kappa shape index (κ1) is 16.8. The van der Waals surface area contributed by atoms with E-state index < -0.39 is 11.6 Å². The van der Waals surface area contributed by atoms with Crippen molar-refractivity contribution in [3.63, 3.8) is 0 Å². The molecule has 0 fully saturated rings. The molecule has 0 unspecified atom stereocenters. The molecule has 0 radical (unpaired) electrons. The van der Waals surface area contributed by atoms with Crippen LogP contribution in [0, 0.1) is 11.6 Å². The molecule has 3 aromatic rings. The lowest BCUT2D eigenvalue weighted by molar-refractivity contribution is 0.586. The van der Waals surface area contributed by atoms with Crippen molar-refractivity contribution in [1.82, 2.24) is 14.5 Å². The van der Waals surface area contributed by atoms with Gasteiger partial charge in [-0.3, -0.25) is 9.36 Å². The van der Waals surface area contributed by atoms with Crippen molar-refractivity contribution in [1.29, 1.82) is 0 Å².